The Morgan fingerprint density at radius 1 is 1.36 bits per heavy atom. The number of benzene rings is 1. The molecule has 1 heterocycles. The fourth-order valence-electron chi connectivity index (χ4n) is 1.66. The molecule has 1 N–H and O–H groups in total. The summed E-state index contributed by atoms with van der Waals surface area (Å²) >= 11 is 2.06. The summed E-state index contributed by atoms with van der Waals surface area (Å²) in [6, 6.07) is 9.52. The van der Waals surface area contributed by atoms with Crippen LogP contribution in [0.2, 0.25) is 0 Å². The molecule has 1 aromatic rings. The Hall–Kier alpha value is -0.470. The molecular weight excluding hydrogens is 190 g/mol. The second-order valence-electron chi connectivity index (χ2n) is 3.93. The molecule has 0 saturated carbocycles. The summed E-state index contributed by atoms with van der Waals surface area (Å²) in [4.78, 5) is 0. The van der Waals surface area contributed by atoms with Gasteiger partial charge in [0.05, 0.1) is 0 Å². The van der Waals surface area contributed by atoms with Crippen LogP contribution in [-0.4, -0.2) is 17.5 Å². The van der Waals surface area contributed by atoms with Gasteiger partial charge in [0.2, 0.25) is 0 Å². The van der Waals surface area contributed by atoms with E-state index in [-0.39, 0.29) is 0 Å². The van der Waals surface area contributed by atoms with Crippen molar-refractivity contribution in [3.63, 3.8) is 0 Å². The molecule has 0 bridgehead atoms. The van der Waals surface area contributed by atoms with Gasteiger partial charge in [-0.2, -0.15) is 11.8 Å². The Balaban J connectivity index is 1.82. The zero-order valence-corrected chi connectivity index (χ0v) is 9.44. The van der Waals surface area contributed by atoms with Gasteiger partial charge in [-0.1, -0.05) is 29.8 Å². The first kappa shape index (κ1) is 10.1. The number of rotatable bonds is 3. The van der Waals surface area contributed by atoms with Gasteiger partial charge in [-0.15, -0.1) is 0 Å². The molecule has 0 aromatic heterocycles. The van der Waals surface area contributed by atoms with Gasteiger partial charge >= 0.3 is 0 Å². The van der Waals surface area contributed by atoms with E-state index in [0.29, 0.717) is 0 Å². The third-order valence-electron chi connectivity index (χ3n) is 2.65. The molecule has 1 saturated heterocycles. The normalized spacial score (nSPS) is 21.4. The maximum absolute atomic E-state index is 3.60. The average molecular weight is 207 g/mol. The van der Waals surface area contributed by atoms with Crippen LogP contribution >= 0.6 is 11.8 Å². The smallest absolute Gasteiger partial charge is 0.0208 e. The minimum atomic E-state index is 0.737. The van der Waals surface area contributed by atoms with Crippen molar-refractivity contribution in [3.05, 3.63) is 35.4 Å². The fourth-order valence-corrected chi connectivity index (χ4v) is 2.85. The largest absolute Gasteiger partial charge is 0.309 e. The molecule has 1 nitrogen and oxygen atoms in total. The van der Waals surface area contributed by atoms with Crippen LogP contribution in [0.1, 0.15) is 17.5 Å². The molecule has 0 spiro atoms. The van der Waals surface area contributed by atoms with Crippen LogP contribution in [0.15, 0.2) is 24.3 Å². The lowest BCUT2D eigenvalue weighted by molar-refractivity contribution is 0.558. The molecule has 1 aliphatic rings. The Morgan fingerprint density at radius 2 is 2.14 bits per heavy atom. The van der Waals surface area contributed by atoms with E-state index in [4.69, 9.17) is 0 Å². The third-order valence-corrected chi connectivity index (χ3v) is 3.81. The number of aryl methyl sites for hydroxylation is 1. The minimum Gasteiger partial charge on any atom is -0.309 e. The van der Waals surface area contributed by atoms with E-state index in [9.17, 15) is 0 Å². The first-order valence-corrected chi connectivity index (χ1v) is 6.37. The lowest BCUT2D eigenvalue weighted by Crippen LogP contribution is -2.27. The average Bonchev–Trinajstić information content (AvgIpc) is 2.70. The van der Waals surface area contributed by atoms with Crippen LogP contribution in [0.3, 0.4) is 0 Å². The highest BCUT2D eigenvalue weighted by Gasteiger charge is 2.13. The maximum Gasteiger partial charge on any atom is 0.0208 e. The van der Waals surface area contributed by atoms with Crippen LogP contribution in [0.4, 0.5) is 0 Å². The molecule has 1 unspecified atom stereocenters. The molecule has 1 aliphatic heterocycles. The predicted molar refractivity (Wildman–Crippen MR) is 63.7 cm³/mol. The van der Waals surface area contributed by atoms with Gasteiger partial charge in [-0.05, 0) is 24.7 Å². The Morgan fingerprint density at radius 3 is 2.79 bits per heavy atom. The van der Waals surface area contributed by atoms with Gasteiger partial charge in [0, 0.05) is 18.3 Å². The van der Waals surface area contributed by atoms with Gasteiger partial charge in [0.25, 0.3) is 0 Å². The molecule has 1 aromatic carbocycles. The van der Waals surface area contributed by atoms with Crippen LogP contribution in [0, 0.1) is 6.92 Å². The molecule has 2 heteroatoms. The van der Waals surface area contributed by atoms with Crippen LogP contribution < -0.4 is 5.32 Å². The minimum absolute atomic E-state index is 0.737. The van der Waals surface area contributed by atoms with Crippen molar-refractivity contribution in [1.29, 1.82) is 0 Å². The van der Waals surface area contributed by atoms with Crippen LogP contribution in [0.25, 0.3) is 0 Å². The van der Waals surface area contributed by atoms with E-state index in [2.05, 4.69) is 48.3 Å². The van der Waals surface area contributed by atoms with E-state index in [1.165, 1.54) is 29.1 Å². The first-order valence-electron chi connectivity index (χ1n) is 5.21. The standard InChI is InChI=1S/C12H17NS/c1-10-2-4-11(5-3-10)8-13-12-6-7-14-9-12/h2-5,12-13H,6-9H2,1H3. The molecule has 0 aliphatic carbocycles. The van der Waals surface area contributed by atoms with Crippen LogP contribution in [0.5, 0.6) is 0 Å². The SMILES string of the molecule is Cc1ccc(CNC2CCSC2)cc1. The highest BCUT2D eigenvalue weighted by atomic mass is 32.2. The summed E-state index contributed by atoms with van der Waals surface area (Å²) in [7, 11) is 0. The maximum atomic E-state index is 3.60. The molecular formula is C12H17NS. The van der Waals surface area contributed by atoms with Gasteiger partial charge in [0.15, 0.2) is 0 Å². The Labute approximate surface area is 90.3 Å². The van der Waals surface area contributed by atoms with Crippen molar-refractivity contribution >= 4 is 11.8 Å². The van der Waals surface area contributed by atoms with E-state index >= 15 is 0 Å². The van der Waals surface area contributed by atoms with Gasteiger partial charge in [-0.25, -0.2) is 0 Å². The highest BCUT2D eigenvalue weighted by Crippen LogP contribution is 2.17. The Bertz CT molecular complexity index is 275. The highest BCUT2D eigenvalue weighted by molar-refractivity contribution is 7.99. The lowest BCUT2D eigenvalue weighted by atomic mass is 10.1. The zero-order chi connectivity index (χ0) is 9.80. The number of nitrogens with one attached hydrogen (secondary N) is 1. The molecule has 76 valence electrons. The molecule has 14 heavy (non-hydrogen) atoms. The summed E-state index contributed by atoms with van der Waals surface area (Å²) in [5.74, 6) is 2.61. The van der Waals surface area contributed by atoms with E-state index in [1.54, 1.807) is 0 Å². The second kappa shape index (κ2) is 4.85. The van der Waals surface area contributed by atoms with E-state index in [0.717, 1.165) is 12.6 Å². The Kier molecular flexibility index (Phi) is 3.49. The summed E-state index contributed by atoms with van der Waals surface area (Å²) in [5.41, 5.74) is 2.73. The molecule has 0 amide bonds. The molecule has 1 atom stereocenters. The molecule has 0 radical (unpaired) electrons. The van der Waals surface area contributed by atoms with Gasteiger partial charge in [-0.3, -0.25) is 0 Å². The van der Waals surface area contributed by atoms with Crippen molar-refractivity contribution in [2.24, 2.45) is 0 Å². The van der Waals surface area contributed by atoms with Crippen molar-refractivity contribution in [2.45, 2.75) is 25.9 Å². The fraction of sp³-hybridized carbons (Fsp3) is 0.500. The zero-order valence-electron chi connectivity index (χ0n) is 8.62. The van der Waals surface area contributed by atoms with E-state index in [1.807, 2.05) is 0 Å². The summed E-state index contributed by atoms with van der Waals surface area (Å²) < 4.78 is 0. The van der Waals surface area contributed by atoms with Crippen LogP contribution in [-0.2, 0) is 6.54 Å². The van der Waals surface area contributed by atoms with Crippen molar-refractivity contribution in [1.82, 2.24) is 5.32 Å². The second-order valence-corrected chi connectivity index (χ2v) is 5.08. The topological polar surface area (TPSA) is 12.0 Å². The summed E-state index contributed by atoms with van der Waals surface area (Å²) in [6.45, 7) is 3.15. The lowest BCUT2D eigenvalue weighted by Gasteiger charge is -2.10. The van der Waals surface area contributed by atoms with Crippen molar-refractivity contribution in [3.8, 4) is 0 Å². The number of hydrogen-bond acceptors (Lipinski definition) is 2. The number of hydrogen-bond donors (Lipinski definition) is 1. The quantitative estimate of drug-likeness (QED) is 0.817. The number of thioether (sulfide) groups is 1. The predicted octanol–water partition coefficient (Wildman–Crippen LogP) is 2.59. The molecule has 2 rings (SSSR count). The molecule has 1 fully saturated rings. The summed E-state index contributed by atoms with van der Waals surface area (Å²) in [6.07, 6.45) is 1.33. The van der Waals surface area contributed by atoms with Gasteiger partial charge < -0.3 is 5.32 Å². The van der Waals surface area contributed by atoms with Crippen molar-refractivity contribution < 1.29 is 0 Å². The van der Waals surface area contributed by atoms with E-state index < -0.39 is 0 Å². The first-order chi connectivity index (χ1) is 6.84. The monoisotopic (exact) mass is 207 g/mol. The summed E-state index contributed by atoms with van der Waals surface area (Å²) in [5, 5.41) is 3.60. The third kappa shape index (κ3) is 2.76. The van der Waals surface area contributed by atoms with Crippen molar-refractivity contribution in [2.75, 3.05) is 11.5 Å². The van der Waals surface area contributed by atoms with Gasteiger partial charge in [0.1, 0.15) is 0 Å².